The van der Waals surface area contributed by atoms with Gasteiger partial charge >= 0.3 is 0 Å². The lowest BCUT2D eigenvalue weighted by molar-refractivity contribution is 0.0922. The van der Waals surface area contributed by atoms with Crippen LogP contribution in [0.5, 0.6) is 0 Å². The second-order valence-electron chi connectivity index (χ2n) is 5.81. The van der Waals surface area contributed by atoms with Gasteiger partial charge in [0, 0.05) is 19.4 Å². The molecule has 2 heterocycles. The van der Waals surface area contributed by atoms with Crippen LogP contribution in [0, 0.1) is 13.8 Å². The minimum Gasteiger partial charge on any atom is -0.441 e. The van der Waals surface area contributed by atoms with Crippen molar-refractivity contribution in [2.45, 2.75) is 40.0 Å². The summed E-state index contributed by atoms with van der Waals surface area (Å²) in [5.41, 5.74) is 3.44. The zero-order valence-corrected chi connectivity index (χ0v) is 14.2. The van der Waals surface area contributed by atoms with E-state index in [2.05, 4.69) is 15.3 Å². The fourth-order valence-electron chi connectivity index (χ4n) is 2.52. The van der Waals surface area contributed by atoms with E-state index in [-0.39, 0.29) is 5.91 Å². The van der Waals surface area contributed by atoms with Gasteiger partial charge in [0.25, 0.3) is 5.91 Å². The van der Waals surface area contributed by atoms with Crippen LogP contribution >= 0.6 is 0 Å². The molecule has 0 aliphatic rings. The lowest BCUT2D eigenvalue weighted by Gasteiger charge is -2.02. The molecule has 0 spiro atoms. The quantitative estimate of drug-likeness (QED) is 0.702. The molecule has 0 fully saturated rings. The minimum atomic E-state index is -0.229. The highest BCUT2D eigenvalue weighted by molar-refractivity contribution is 5.92. The van der Waals surface area contributed by atoms with Crippen molar-refractivity contribution < 1.29 is 13.6 Å². The van der Waals surface area contributed by atoms with E-state index in [1.807, 2.05) is 32.0 Å². The molecule has 6 heteroatoms. The molecule has 0 unspecified atom stereocenters. The van der Waals surface area contributed by atoms with Gasteiger partial charge < -0.3 is 14.2 Å². The number of carbonyl (C=O) groups excluding carboxylic acids is 1. The van der Waals surface area contributed by atoms with E-state index in [0.717, 1.165) is 23.1 Å². The molecule has 0 bridgehead atoms. The van der Waals surface area contributed by atoms with Crippen molar-refractivity contribution in [1.29, 1.82) is 0 Å². The van der Waals surface area contributed by atoms with Crippen molar-refractivity contribution in [3.05, 3.63) is 47.0 Å². The number of carbonyl (C=O) groups is 1. The number of benzene rings is 1. The number of nitrogens with one attached hydrogen (secondary N) is 1. The third-order valence-corrected chi connectivity index (χ3v) is 3.79. The van der Waals surface area contributed by atoms with Crippen molar-refractivity contribution in [2.75, 3.05) is 6.54 Å². The Morgan fingerprint density at radius 3 is 2.75 bits per heavy atom. The average molecular weight is 327 g/mol. The van der Waals surface area contributed by atoms with Crippen LogP contribution in [0.3, 0.4) is 0 Å². The predicted molar refractivity (Wildman–Crippen MR) is 90.0 cm³/mol. The number of fused-ring (bicyclic) bond motifs is 1. The molecule has 1 N–H and O–H groups in total. The van der Waals surface area contributed by atoms with Gasteiger partial charge in [-0.05, 0) is 38.0 Å². The average Bonchev–Trinajstić information content (AvgIpc) is 3.13. The minimum absolute atomic E-state index is 0.229. The molecule has 24 heavy (non-hydrogen) atoms. The van der Waals surface area contributed by atoms with Crippen molar-refractivity contribution in [3.63, 3.8) is 0 Å². The van der Waals surface area contributed by atoms with Gasteiger partial charge in [0.15, 0.2) is 17.4 Å². The third kappa shape index (κ3) is 3.48. The Morgan fingerprint density at radius 1 is 1.17 bits per heavy atom. The van der Waals surface area contributed by atoms with Gasteiger partial charge in [-0.2, -0.15) is 0 Å². The number of amides is 1. The van der Waals surface area contributed by atoms with Crippen LogP contribution in [0.2, 0.25) is 0 Å². The molecule has 0 radical (unpaired) electrons. The molecule has 0 aliphatic carbocycles. The molecular weight excluding hydrogens is 306 g/mol. The Morgan fingerprint density at radius 2 is 2.00 bits per heavy atom. The predicted octanol–water partition coefficient (Wildman–Crippen LogP) is 3.36. The number of nitrogens with zero attached hydrogens (tertiary/aromatic N) is 2. The van der Waals surface area contributed by atoms with Crippen LogP contribution in [0.25, 0.3) is 11.1 Å². The first-order chi connectivity index (χ1) is 11.6. The summed E-state index contributed by atoms with van der Waals surface area (Å²) in [4.78, 5) is 20.8. The fourth-order valence-corrected chi connectivity index (χ4v) is 2.52. The third-order valence-electron chi connectivity index (χ3n) is 3.79. The van der Waals surface area contributed by atoms with E-state index in [4.69, 9.17) is 8.83 Å². The van der Waals surface area contributed by atoms with Crippen LogP contribution in [-0.4, -0.2) is 22.4 Å². The van der Waals surface area contributed by atoms with Crippen LogP contribution in [0.4, 0.5) is 0 Å². The maximum atomic E-state index is 12.1. The number of aromatic nitrogens is 2. The molecule has 0 aliphatic heterocycles. The zero-order chi connectivity index (χ0) is 17.1. The number of aryl methyl sites for hydroxylation is 4. The Kier molecular flexibility index (Phi) is 4.64. The normalized spacial score (nSPS) is 11.1. The van der Waals surface area contributed by atoms with Crippen LogP contribution in [-0.2, 0) is 12.8 Å². The molecule has 0 atom stereocenters. The topological polar surface area (TPSA) is 81.2 Å². The molecule has 0 saturated carbocycles. The van der Waals surface area contributed by atoms with Crippen LogP contribution in [0.15, 0.2) is 27.0 Å². The molecule has 2 aromatic heterocycles. The number of oxazole rings is 2. The summed E-state index contributed by atoms with van der Waals surface area (Å²) in [7, 11) is 0. The lowest BCUT2D eigenvalue weighted by atomic mass is 10.2. The Balaban J connectivity index is 1.52. The smallest absolute Gasteiger partial charge is 0.289 e. The number of hydrogen-bond acceptors (Lipinski definition) is 5. The van der Waals surface area contributed by atoms with Gasteiger partial charge in [-0.25, -0.2) is 9.97 Å². The summed E-state index contributed by atoms with van der Waals surface area (Å²) in [5, 5.41) is 2.85. The maximum absolute atomic E-state index is 12.1. The van der Waals surface area contributed by atoms with Crippen molar-refractivity contribution in [3.8, 4) is 0 Å². The van der Waals surface area contributed by atoms with Gasteiger partial charge in [0.05, 0.1) is 5.69 Å². The molecular formula is C18H21N3O3. The highest BCUT2D eigenvalue weighted by Crippen LogP contribution is 2.17. The highest BCUT2D eigenvalue weighted by atomic mass is 16.4. The van der Waals surface area contributed by atoms with E-state index < -0.39 is 0 Å². The number of rotatable bonds is 6. The van der Waals surface area contributed by atoms with E-state index in [1.54, 1.807) is 6.92 Å². The molecule has 1 amide bonds. The monoisotopic (exact) mass is 327 g/mol. The summed E-state index contributed by atoms with van der Waals surface area (Å²) < 4.78 is 11.2. The van der Waals surface area contributed by atoms with Gasteiger partial charge in [-0.3, -0.25) is 4.79 Å². The fraction of sp³-hybridized carbons (Fsp3) is 0.389. The highest BCUT2D eigenvalue weighted by Gasteiger charge is 2.16. The molecule has 0 saturated heterocycles. The van der Waals surface area contributed by atoms with Crippen molar-refractivity contribution >= 4 is 17.0 Å². The molecule has 3 rings (SSSR count). The molecule has 126 valence electrons. The SMILES string of the molecule is CCc1nc(C)c(C(=O)NCCCc2nc3ccc(C)cc3o2)o1. The van der Waals surface area contributed by atoms with Gasteiger partial charge in [0.1, 0.15) is 5.52 Å². The first kappa shape index (κ1) is 16.2. The molecule has 3 aromatic rings. The first-order valence-electron chi connectivity index (χ1n) is 8.17. The maximum Gasteiger partial charge on any atom is 0.289 e. The number of hydrogen-bond donors (Lipinski definition) is 1. The largest absolute Gasteiger partial charge is 0.441 e. The van der Waals surface area contributed by atoms with Gasteiger partial charge in [-0.15, -0.1) is 0 Å². The summed E-state index contributed by atoms with van der Waals surface area (Å²) in [6.45, 7) is 6.26. The van der Waals surface area contributed by atoms with Crippen LogP contribution < -0.4 is 5.32 Å². The Hall–Kier alpha value is -2.63. The summed E-state index contributed by atoms with van der Waals surface area (Å²) in [6.07, 6.45) is 2.08. The Labute approximate surface area is 140 Å². The van der Waals surface area contributed by atoms with E-state index in [0.29, 0.717) is 42.6 Å². The molecule has 1 aromatic carbocycles. The van der Waals surface area contributed by atoms with E-state index in [9.17, 15) is 4.79 Å². The Bertz CT molecular complexity index is 864. The van der Waals surface area contributed by atoms with Gasteiger partial charge in [0.2, 0.25) is 5.76 Å². The molecule has 6 nitrogen and oxygen atoms in total. The second kappa shape index (κ2) is 6.86. The van der Waals surface area contributed by atoms with Gasteiger partial charge in [-0.1, -0.05) is 13.0 Å². The summed E-state index contributed by atoms with van der Waals surface area (Å²) >= 11 is 0. The van der Waals surface area contributed by atoms with Crippen LogP contribution in [0.1, 0.15) is 46.9 Å². The summed E-state index contributed by atoms with van der Waals surface area (Å²) in [5.74, 6) is 1.34. The lowest BCUT2D eigenvalue weighted by Crippen LogP contribution is -2.25. The standard InChI is InChI=1S/C18H21N3O3/c1-4-15-20-12(3)17(24-15)18(22)19-9-5-6-16-21-13-8-7-11(2)10-14(13)23-16/h7-8,10H,4-6,9H2,1-3H3,(H,19,22). The van der Waals surface area contributed by atoms with E-state index in [1.165, 1.54) is 0 Å². The van der Waals surface area contributed by atoms with E-state index >= 15 is 0 Å². The van der Waals surface area contributed by atoms with Crippen molar-refractivity contribution in [2.24, 2.45) is 0 Å². The summed E-state index contributed by atoms with van der Waals surface area (Å²) in [6, 6.07) is 5.95. The van der Waals surface area contributed by atoms with Crippen molar-refractivity contribution in [1.82, 2.24) is 15.3 Å². The zero-order valence-electron chi connectivity index (χ0n) is 14.2. The first-order valence-corrected chi connectivity index (χ1v) is 8.17. The second-order valence-corrected chi connectivity index (χ2v) is 5.81.